The summed E-state index contributed by atoms with van der Waals surface area (Å²) < 4.78 is 1.77. The molecule has 0 fully saturated rings. The molecule has 1 amide bonds. The van der Waals surface area contributed by atoms with E-state index in [1.54, 1.807) is 10.9 Å². The first-order valence-electron chi connectivity index (χ1n) is 9.13. The summed E-state index contributed by atoms with van der Waals surface area (Å²) in [5.41, 5.74) is 5.95. The van der Waals surface area contributed by atoms with Crippen molar-refractivity contribution < 1.29 is 4.79 Å². The number of benzene rings is 1. The van der Waals surface area contributed by atoms with Crippen LogP contribution in [0.15, 0.2) is 40.8 Å². The molecule has 6 nitrogen and oxygen atoms in total. The number of nitrogens with one attached hydrogen (secondary N) is 1. The summed E-state index contributed by atoms with van der Waals surface area (Å²) >= 11 is 7.82. The Morgan fingerprint density at radius 2 is 2.14 bits per heavy atom. The molecule has 0 unspecified atom stereocenters. The summed E-state index contributed by atoms with van der Waals surface area (Å²) in [4.78, 5) is 16.7. The Morgan fingerprint density at radius 1 is 1.36 bits per heavy atom. The zero-order valence-electron chi connectivity index (χ0n) is 15.9. The highest BCUT2D eigenvalue weighted by Gasteiger charge is 2.12. The second-order valence-corrected chi connectivity index (χ2v) is 7.63. The van der Waals surface area contributed by atoms with Crippen molar-refractivity contribution in [1.29, 1.82) is 0 Å². The predicted octanol–water partition coefficient (Wildman–Crippen LogP) is 4.46. The minimum Gasteiger partial charge on any atom is -0.273 e. The molecule has 0 spiro atoms. The van der Waals surface area contributed by atoms with Gasteiger partial charge in [-0.2, -0.15) is 10.2 Å². The van der Waals surface area contributed by atoms with Gasteiger partial charge in [0.1, 0.15) is 10.2 Å². The van der Waals surface area contributed by atoms with E-state index >= 15 is 0 Å². The molecule has 2 heterocycles. The number of rotatable bonds is 8. The first-order valence-corrected chi connectivity index (χ1v) is 10.4. The largest absolute Gasteiger partial charge is 0.273 e. The highest BCUT2D eigenvalue weighted by atomic mass is 35.5. The van der Waals surface area contributed by atoms with Crippen LogP contribution in [-0.4, -0.2) is 26.9 Å². The van der Waals surface area contributed by atoms with Gasteiger partial charge in [0.15, 0.2) is 0 Å². The first-order chi connectivity index (χ1) is 13.6. The van der Waals surface area contributed by atoms with E-state index in [1.807, 2.05) is 42.6 Å². The Hall–Kier alpha value is -2.51. The van der Waals surface area contributed by atoms with Gasteiger partial charge in [-0.25, -0.2) is 10.4 Å². The Bertz CT molecular complexity index is 964. The summed E-state index contributed by atoms with van der Waals surface area (Å²) in [5.74, 6) is -0.225. The topological polar surface area (TPSA) is 72.2 Å². The van der Waals surface area contributed by atoms with Crippen molar-refractivity contribution in [3.63, 3.8) is 0 Å². The van der Waals surface area contributed by atoms with Gasteiger partial charge in [-0.15, -0.1) is 11.3 Å². The van der Waals surface area contributed by atoms with Crippen LogP contribution in [0.5, 0.6) is 0 Å². The highest BCUT2D eigenvalue weighted by Crippen LogP contribution is 2.22. The van der Waals surface area contributed by atoms with Crippen molar-refractivity contribution >= 4 is 35.1 Å². The van der Waals surface area contributed by atoms with E-state index in [0.717, 1.165) is 46.9 Å². The van der Waals surface area contributed by atoms with Crippen LogP contribution in [0, 0.1) is 6.92 Å². The third kappa shape index (κ3) is 5.05. The average molecular weight is 416 g/mol. The molecule has 3 rings (SSSR count). The Balaban J connectivity index is 1.58. The van der Waals surface area contributed by atoms with Gasteiger partial charge in [0, 0.05) is 17.5 Å². The molecule has 0 saturated heterocycles. The SMILES string of the molecule is CCCCn1nc(C)c(/C=N\NC(=O)Cc2nc(-c3ccccc3)cs2)c1Cl. The lowest BCUT2D eigenvalue weighted by Crippen LogP contribution is -2.19. The van der Waals surface area contributed by atoms with Crippen LogP contribution in [0.1, 0.15) is 36.0 Å². The fourth-order valence-electron chi connectivity index (χ4n) is 2.65. The molecule has 0 aliphatic rings. The van der Waals surface area contributed by atoms with Gasteiger partial charge in [-0.1, -0.05) is 55.3 Å². The molecule has 28 heavy (non-hydrogen) atoms. The fourth-order valence-corrected chi connectivity index (χ4v) is 3.76. The van der Waals surface area contributed by atoms with Crippen LogP contribution in [0.3, 0.4) is 0 Å². The minimum absolute atomic E-state index is 0.178. The van der Waals surface area contributed by atoms with Crippen LogP contribution in [0.25, 0.3) is 11.3 Å². The fraction of sp³-hybridized carbons (Fsp3) is 0.300. The van der Waals surface area contributed by atoms with Gasteiger partial charge in [0.05, 0.1) is 29.6 Å². The Kier molecular flexibility index (Phi) is 6.95. The summed E-state index contributed by atoms with van der Waals surface area (Å²) in [7, 11) is 0. The van der Waals surface area contributed by atoms with E-state index in [4.69, 9.17) is 11.6 Å². The molecule has 3 aromatic rings. The van der Waals surface area contributed by atoms with Crippen LogP contribution in [-0.2, 0) is 17.8 Å². The molecule has 146 valence electrons. The van der Waals surface area contributed by atoms with E-state index in [2.05, 4.69) is 27.5 Å². The maximum absolute atomic E-state index is 12.2. The molecule has 0 saturated carbocycles. The number of hydrazone groups is 1. The second kappa shape index (κ2) is 9.61. The van der Waals surface area contributed by atoms with E-state index in [-0.39, 0.29) is 12.3 Å². The number of unbranched alkanes of at least 4 members (excludes halogenated alkanes) is 1. The molecule has 0 atom stereocenters. The van der Waals surface area contributed by atoms with Gasteiger partial charge < -0.3 is 0 Å². The quantitative estimate of drug-likeness (QED) is 0.436. The maximum atomic E-state index is 12.2. The summed E-state index contributed by atoms with van der Waals surface area (Å²) in [6, 6.07) is 9.89. The number of hydrogen-bond donors (Lipinski definition) is 1. The van der Waals surface area contributed by atoms with Gasteiger partial charge in [0.25, 0.3) is 0 Å². The van der Waals surface area contributed by atoms with Gasteiger partial charge in [-0.3, -0.25) is 9.48 Å². The summed E-state index contributed by atoms with van der Waals surface area (Å²) in [6.45, 7) is 4.76. The third-order valence-corrected chi connectivity index (χ3v) is 5.40. The van der Waals surface area contributed by atoms with Gasteiger partial charge in [-0.05, 0) is 13.3 Å². The molecule has 8 heteroatoms. The number of nitrogens with zero attached hydrogens (tertiary/aromatic N) is 4. The van der Waals surface area contributed by atoms with Gasteiger partial charge >= 0.3 is 0 Å². The lowest BCUT2D eigenvalue weighted by Gasteiger charge is -2.00. The van der Waals surface area contributed by atoms with Crippen molar-refractivity contribution in [3.05, 3.63) is 57.1 Å². The van der Waals surface area contributed by atoms with Crippen molar-refractivity contribution in [2.45, 2.75) is 39.7 Å². The molecule has 2 aromatic heterocycles. The van der Waals surface area contributed by atoms with Crippen LogP contribution < -0.4 is 5.43 Å². The standard InChI is InChI=1S/C20H22ClN5OS/c1-3-4-10-26-20(21)16(14(2)25-26)12-22-24-18(27)11-19-23-17(13-28-19)15-8-6-5-7-9-15/h5-9,12-13H,3-4,10-11H2,1-2H3,(H,24,27)/b22-12-. The van der Waals surface area contributed by atoms with E-state index < -0.39 is 0 Å². The van der Waals surface area contributed by atoms with Crippen molar-refractivity contribution in [2.75, 3.05) is 0 Å². The molecule has 0 radical (unpaired) electrons. The number of aryl methyl sites for hydroxylation is 2. The number of carbonyl (C=O) groups is 1. The maximum Gasteiger partial charge on any atom is 0.246 e. The average Bonchev–Trinajstić information content (AvgIpc) is 3.26. The Labute approximate surface area is 173 Å². The molecular weight excluding hydrogens is 394 g/mol. The highest BCUT2D eigenvalue weighted by molar-refractivity contribution is 7.10. The van der Waals surface area contributed by atoms with E-state index in [1.165, 1.54) is 11.3 Å². The van der Waals surface area contributed by atoms with Crippen LogP contribution >= 0.6 is 22.9 Å². The predicted molar refractivity (Wildman–Crippen MR) is 114 cm³/mol. The number of amides is 1. The number of aromatic nitrogens is 3. The molecule has 1 N–H and O–H groups in total. The van der Waals surface area contributed by atoms with Gasteiger partial charge in [0.2, 0.25) is 5.91 Å². The van der Waals surface area contributed by atoms with E-state index in [9.17, 15) is 4.79 Å². The monoisotopic (exact) mass is 415 g/mol. The number of carbonyl (C=O) groups excluding carboxylic acids is 1. The molecule has 1 aromatic carbocycles. The summed E-state index contributed by atoms with van der Waals surface area (Å²) in [6.07, 6.45) is 3.80. The number of halogens is 1. The molecule has 0 bridgehead atoms. The third-order valence-electron chi connectivity index (χ3n) is 4.15. The molecule has 0 aliphatic carbocycles. The van der Waals surface area contributed by atoms with Crippen LogP contribution in [0.4, 0.5) is 0 Å². The van der Waals surface area contributed by atoms with E-state index in [0.29, 0.717) is 5.15 Å². The number of hydrogen-bond acceptors (Lipinski definition) is 5. The zero-order valence-corrected chi connectivity index (χ0v) is 17.4. The zero-order chi connectivity index (χ0) is 19.9. The van der Waals surface area contributed by atoms with Crippen molar-refractivity contribution in [3.8, 4) is 11.3 Å². The van der Waals surface area contributed by atoms with Crippen molar-refractivity contribution in [1.82, 2.24) is 20.2 Å². The van der Waals surface area contributed by atoms with Crippen molar-refractivity contribution in [2.24, 2.45) is 5.10 Å². The Morgan fingerprint density at radius 3 is 2.89 bits per heavy atom. The summed E-state index contributed by atoms with van der Waals surface area (Å²) in [5, 5.41) is 11.7. The lowest BCUT2D eigenvalue weighted by atomic mass is 10.2. The minimum atomic E-state index is -0.225. The second-order valence-electron chi connectivity index (χ2n) is 6.33. The molecule has 0 aliphatic heterocycles. The van der Waals surface area contributed by atoms with Crippen LogP contribution in [0.2, 0.25) is 5.15 Å². The normalized spacial score (nSPS) is 11.2. The molecular formula is C20H22ClN5OS. The lowest BCUT2D eigenvalue weighted by molar-refractivity contribution is -0.120. The smallest absolute Gasteiger partial charge is 0.246 e. The first kappa shape index (κ1) is 20.2. The number of thiazole rings is 1.